The molecule has 0 saturated heterocycles. The van der Waals surface area contributed by atoms with E-state index in [1.807, 2.05) is 6.92 Å². The lowest BCUT2D eigenvalue weighted by atomic mass is 10.1. The highest BCUT2D eigenvalue weighted by Gasteiger charge is 2.19. The minimum Gasteiger partial charge on any atom is -0.394 e. The molecule has 132 valence electrons. The number of hydrogen-bond acceptors (Lipinski definition) is 9. The third kappa shape index (κ3) is 6.38. The first kappa shape index (κ1) is 19.8. The number of thioether (sulfide) groups is 1. The van der Waals surface area contributed by atoms with Gasteiger partial charge in [0.1, 0.15) is 5.69 Å². The summed E-state index contributed by atoms with van der Waals surface area (Å²) in [7, 11) is 0. The molecule has 0 saturated carbocycles. The van der Waals surface area contributed by atoms with E-state index in [9.17, 15) is 5.11 Å². The topological polar surface area (TPSA) is 140 Å². The average molecular weight is 345 g/mol. The minimum absolute atomic E-state index is 0.0793. The molecule has 0 fully saturated rings. The SMILES string of the molecule is CCCSc1nc(N)c(N)c(NC[C@H](O)C(CC)OCCO)n1. The lowest BCUT2D eigenvalue weighted by Gasteiger charge is -2.22. The van der Waals surface area contributed by atoms with E-state index in [4.69, 9.17) is 21.3 Å². The van der Waals surface area contributed by atoms with Crippen LogP contribution in [-0.4, -0.2) is 57.9 Å². The van der Waals surface area contributed by atoms with Crippen LogP contribution in [0.2, 0.25) is 0 Å². The molecule has 0 spiro atoms. The van der Waals surface area contributed by atoms with E-state index in [0.29, 0.717) is 17.4 Å². The van der Waals surface area contributed by atoms with Crippen LogP contribution >= 0.6 is 11.8 Å². The van der Waals surface area contributed by atoms with E-state index in [1.54, 1.807) is 0 Å². The molecule has 0 aromatic carbocycles. The second-order valence-electron chi connectivity index (χ2n) is 4.99. The van der Waals surface area contributed by atoms with E-state index in [0.717, 1.165) is 12.2 Å². The molecular weight excluding hydrogens is 318 g/mol. The van der Waals surface area contributed by atoms with Crippen molar-refractivity contribution in [1.29, 1.82) is 0 Å². The normalized spacial score (nSPS) is 13.7. The fraction of sp³-hybridized carbons (Fsp3) is 0.714. The van der Waals surface area contributed by atoms with Crippen LogP contribution in [0, 0.1) is 0 Å². The predicted octanol–water partition coefficient (Wildman–Crippen LogP) is 0.703. The number of aliphatic hydroxyl groups excluding tert-OH is 2. The van der Waals surface area contributed by atoms with E-state index < -0.39 is 6.10 Å². The predicted molar refractivity (Wildman–Crippen MR) is 93.5 cm³/mol. The number of hydrogen-bond donors (Lipinski definition) is 5. The van der Waals surface area contributed by atoms with Crippen molar-refractivity contribution in [3.05, 3.63) is 0 Å². The molecule has 23 heavy (non-hydrogen) atoms. The number of nitrogens with two attached hydrogens (primary N) is 2. The number of rotatable bonds is 11. The standard InChI is InChI=1S/C14H27N5O3S/c1-3-7-23-14-18-12(16)11(15)13(19-14)17-8-9(21)10(4-2)22-6-5-20/h9-10,20-21H,3-8,15H2,1-2H3,(H3,16,17,18,19)/t9-,10?/m0/s1. The molecule has 1 aromatic heterocycles. The van der Waals surface area contributed by atoms with Crippen LogP contribution in [0.15, 0.2) is 5.16 Å². The number of anilines is 3. The molecule has 0 aliphatic rings. The van der Waals surface area contributed by atoms with Gasteiger partial charge < -0.3 is 31.7 Å². The number of nitrogen functional groups attached to an aromatic ring is 2. The van der Waals surface area contributed by atoms with Gasteiger partial charge in [0.25, 0.3) is 0 Å². The molecule has 0 aliphatic carbocycles. The summed E-state index contributed by atoms with van der Waals surface area (Å²) in [6, 6.07) is 0. The molecule has 9 heteroatoms. The highest BCUT2D eigenvalue weighted by molar-refractivity contribution is 7.99. The first-order chi connectivity index (χ1) is 11.0. The average Bonchev–Trinajstić information content (AvgIpc) is 2.55. The van der Waals surface area contributed by atoms with Crippen molar-refractivity contribution >= 4 is 29.1 Å². The van der Waals surface area contributed by atoms with Crippen LogP contribution in [0.5, 0.6) is 0 Å². The van der Waals surface area contributed by atoms with Gasteiger partial charge in [-0.25, -0.2) is 9.97 Å². The van der Waals surface area contributed by atoms with Crippen LogP contribution < -0.4 is 16.8 Å². The van der Waals surface area contributed by atoms with Crippen LogP contribution in [0.1, 0.15) is 26.7 Å². The van der Waals surface area contributed by atoms with Crippen molar-refractivity contribution < 1.29 is 14.9 Å². The van der Waals surface area contributed by atoms with Gasteiger partial charge in [0.2, 0.25) is 0 Å². The zero-order valence-corrected chi connectivity index (χ0v) is 14.5. The monoisotopic (exact) mass is 345 g/mol. The van der Waals surface area contributed by atoms with Crippen molar-refractivity contribution in [3.8, 4) is 0 Å². The fourth-order valence-corrected chi connectivity index (χ4v) is 2.60. The Hall–Kier alpha value is -1.29. The minimum atomic E-state index is -0.756. The Labute approximate surface area is 141 Å². The summed E-state index contributed by atoms with van der Waals surface area (Å²) in [6.07, 6.45) is 0.500. The number of aliphatic hydroxyl groups is 2. The van der Waals surface area contributed by atoms with E-state index in [-0.39, 0.29) is 37.4 Å². The summed E-state index contributed by atoms with van der Waals surface area (Å²) in [5.74, 6) is 1.52. The van der Waals surface area contributed by atoms with Crippen molar-refractivity contribution in [2.45, 2.75) is 44.1 Å². The molecule has 0 amide bonds. The summed E-state index contributed by atoms with van der Waals surface area (Å²) >= 11 is 1.50. The van der Waals surface area contributed by atoms with Crippen molar-refractivity contribution in [1.82, 2.24) is 9.97 Å². The van der Waals surface area contributed by atoms with Crippen LogP contribution in [0.25, 0.3) is 0 Å². The maximum atomic E-state index is 10.2. The van der Waals surface area contributed by atoms with Crippen molar-refractivity contribution in [3.63, 3.8) is 0 Å². The van der Waals surface area contributed by atoms with E-state index >= 15 is 0 Å². The number of aromatic nitrogens is 2. The van der Waals surface area contributed by atoms with Gasteiger partial charge in [0.05, 0.1) is 25.4 Å². The van der Waals surface area contributed by atoms with E-state index in [1.165, 1.54) is 11.8 Å². The first-order valence-electron chi connectivity index (χ1n) is 7.73. The zero-order valence-electron chi connectivity index (χ0n) is 13.7. The lowest BCUT2D eigenvalue weighted by Crippen LogP contribution is -2.35. The van der Waals surface area contributed by atoms with Crippen LogP contribution in [-0.2, 0) is 4.74 Å². The first-order valence-corrected chi connectivity index (χ1v) is 8.72. The van der Waals surface area contributed by atoms with Gasteiger partial charge in [0, 0.05) is 12.3 Å². The second-order valence-corrected chi connectivity index (χ2v) is 6.05. The smallest absolute Gasteiger partial charge is 0.191 e. The molecule has 0 bridgehead atoms. The molecule has 7 N–H and O–H groups in total. The van der Waals surface area contributed by atoms with Crippen LogP contribution in [0.3, 0.4) is 0 Å². The Kier molecular flexibility index (Phi) is 9.00. The van der Waals surface area contributed by atoms with E-state index in [2.05, 4.69) is 22.2 Å². The maximum absolute atomic E-state index is 10.2. The third-order valence-electron chi connectivity index (χ3n) is 3.12. The highest BCUT2D eigenvalue weighted by atomic mass is 32.2. The number of nitrogens with one attached hydrogen (secondary N) is 1. The van der Waals surface area contributed by atoms with Crippen molar-refractivity contribution in [2.24, 2.45) is 0 Å². The lowest BCUT2D eigenvalue weighted by molar-refractivity contribution is -0.0435. The van der Waals surface area contributed by atoms with Gasteiger partial charge in [-0.3, -0.25) is 0 Å². The number of ether oxygens (including phenoxy) is 1. The summed E-state index contributed by atoms with van der Waals surface area (Å²) in [5, 5.41) is 22.5. The molecule has 0 radical (unpaired) electrons. The molecule has 1 aromatic rings. The molecule has 8 nitrogen and oxygen atoms in total. The molecule has 1 rings (SSSR count). The molecule has 1 unspecified atom stereocenters. The summed E-state index contributed by atoms with van der Waals surface area (Å²) in [4.78, 5) is 8.47. The summed E-state index contributed by atoms with van der Waals surface area (Å²) in [6.45, 7) is 4.30. The third-order valence-corrected chi connectivity index (χ3v) is 4.18. The fourth-order valence-electron chi connectivity index (χ4n) is 1.90. The van der Waals surface area contributed by atoms with Crippen LogP contribution in [0.4, 0.5) is 17.3 Å². The highest BCUT2D eigenvalue weighted by Crippen LogP contribution is 2.25. The Morgan fingerprint density at radius 2 is 2.04 bits per heavy atom. The second kappa shape index (κ2) is 10.5. The Morgan fingerprint density at radius 3 is 2.65 bits per heavy atom. The van der Waals surface area contributed by atoms with Gasteiger partial charge >= 0.3 is 0 Å². The number of nitrogens with zero attached hydrogens (tertiary/aromatic N) is 2. The molecule has 1 heterocycles. The van der Waals surface area contributed by atoms with Gasteiger partial charge in [-0.05, 0) is 12.8 Å². The molecular formula is C14H27N5O3S. The quantitative estimate of drug-likeness (QED) is 0.289. The van der Waals surface area contributed by atoms with Gasteiger partial charge in [-0.1, -0.05) is 25.6 Å². The Balaban J connectivity index is 2.69. The van der Waals surface area contributed by atoms with Gasteiger partial charge in [-0.15, -0.1) is 0 Å². The molecule has 2 atom stereocenters. The Bertz CT molecular complexity index is 478. The summed E-state index contributed by atoms with van der Waals surface area (Å²) < 4.78 is 5.39. The summed E-state index contributed by atoms with van der Waals surface area (Å²) in [5.41, 5.74) is 12.0. The van der Waals surface area contributed by atoms with Gasteiger partial charge in [-0.2, -0.15) is 0 Å². The Morgan fingerprint density at radius 1 is 1.30 bits per heavy atom. The maximum Gasteiger partial charge on any atom is 0.191 e. The van der Waals surface area contributed by atoms with Gasteiger partial charge in [0.15, 0.2) is 16.8 Å². The largest absolute Gasteiger partial charge is 0.394 e. The zero-order chi connectivity index (χ0) is 17.2. The van der Waals surface area contributed by atoms with Crippen molar-refractivity contribution in [2.75, 3.05) is 42.3 Å². The molecule has 0 aliphatic heterocycles.